The van der Waals surface area contributed by atoms with Crippen molar-refractivity contribution in [3.8, 4) is 0 Å². The second-order valence-electron chi connectivity index (χ2n) is 6.78. The minimum atomic E-state index is -0.235. The van der Waals surface area contributed by atoms with Gasteiger partial charge in [0.15, 0.2) is 0 Å². The van der Waals surface area contributed by atoms with Crippen LogP contribution < -0.4 is 10.6 Å². The molecule has 1 saturated heterocycles. The van der Waals surface area contributed by atoms with Gasteiger partial charge in [-0.1, -0.05) is 30.3 Å². The molecule has 0 aromatic heterocycles. The van der Waals surface area contributed by atoms with Crippen molar-refractivity contribution in [1.82, 2.24) is 10.6 Å². The second-order valence-corrected chi connectivity index (χ2v) is 6.78. The van der Waals surface area contributed by atoms with Crippen LogP contribution in [0.3, 0.4) is 0 Å². The Labute approximate surface area is 163 Å². The molecule has 0 unspecified atom stereocenters. The Balaban J connectivity index is 0.00000156. The van der Waals surface area contributed by atoms with Crippen LogP contribution >= 0.6 is 24.8 Å². The number of carbonyl (C=O) groups excluding carboxylic acids is 1. The maximum atomic E-state index is 12.7. The topological polar surface area (TPSA) is 50.4 Å². The number of esters is 1. The molecule has 142 valence electrons. The predicted octanol–water partition coefficient (Wildman–Crippen LogP) is 3.27. The number of halogens is 2. The van der Waals surface area contributed by atoms with Crippen LogP contribution in [0.2, 0.25) is 0 Å². The lowest BCUT2D eigenvalue weighted by atomic mass is 10.0. The summed E-state index contributed by atoms with van der Waals surface area (Å²) >= 11 is 0. The van der Waals surface area contributed by atoms with Gasteiger partial charge in [-0.05, 0) is 63.6 Å². The summed E-state index contributed by atoms with van der Waals surface area (Å²) in [7, 11) is 0. The average Bonchev–Trinajstić information content (AvgIpc) is 3.09. The molecule has 1 aromatic carbocycles. The Kier molecular flexibility index (Phi) is 10.4. The van der Waals surface area contributed by atoms with Gasteiger partial charge in [-0.3, -0.25) is 4.79 Å². The van der Waals surface area contributed by atoms with Gasteiger partial charge >= 0.3 is 5.97 Å². The molecule has 1 aliphatic carbocycles. The number of ether oxygens (including phenoxy) is 1. The molecular weight excluding hydrogens is 359 g/mol. The molecule has 0 amide bonds. The van der Waals surface area contributed by atoms with E-state index in [1.807, 2.05) is 18.2 Å². The van der Waals surface area contributed by atoms with E-state index in [-0.39, 0.29) is 42.9 Å². The summed E-state index contributed by atoms with van der Waals surface area (Å²) in [5.74, 6) is -0.0701. The minimum Gasteiger partial charge on any atom is -0.461 e. The lowest BCUT2D eigenvalue weighted by molar-refractivity contribution is -0.151. The fourth-order valence-corrected chi connectivity index (χ4v) is 3.59. The van der Waals surface area contributed by atoms with Crippen molar-refractivity contribution in [2.45, 2.75) is 63.1 Å². The average molecular weight is 389 g/mol. The van der Waals surface area contributed by atoms with Crippen molar-refractivity contribution in [1.29, 1.82) is 0 Å². The lowest BCUT2D eigenvalue weighted by Gasteiger charge is -2.28. The highest BCUT2D eigenvalue weighted by Crippen LogP contribution is 2.22. The fraction of sp³-hybridized carbons (Fsp3) is 0.632. The zero-order valence-corrected chi connectivity index (χ0v) is 16.2. The van der Waals surface area contributed by atoms with Crippen molar-refractivity contribution >= 4 is 30.8 Å². The number of piperidine rings is 1. The van der Waals surface area contributed by atoms with Crippen molar-refractivity contribution < 1.29 is 9.53 Å². The molecule has 1 aliphatic heterocycles. The molecule has 1 saturated carbocycles. The van der Waals surface area contributed by atoms with Gasteiger partial charge in [0.2, 0.25) is 0 Å². The Bertz CT molecular complexity index is 489. The predicted molar refractivity (Wildman–Crippen MR) is 106 cm³/mol. The van der Waals surface area contributed by atoms with Crippen LogP contribution in [0.5, 0.6) is 0 Å². The Morgan fingerprint density at radius 2 is 1.72 bits per heavy atom. The van der Waals surface area contributed by atoms with Gasteiger partial charge in [-0.15, -0.1) is 24.8 Å². The zero-order valence-electron chi connectivity index (χ0n) is 14.6. The highest BCUT2D eigenvalue weighted by molar-refractivity contribution is 5.85. The first-order valence-electron chi connectivity index (χ1n) is 9.02. The third-order valence-electron chi connectivity index (χ3n) is 4.93. The quantitative estimate of drug-likeness (QED) is 0.734. The highest BCUT2D eigenvalue weighted by Gasteiger charge is 2.28. The number of benzene rings is 1. The van der Waals surface area contributed by atoms with Crippen LogP contribution in [0.25, 0.3) is 0 Å². The van der Waals surface area contributed by atoms with E-state index in [9.17, 15) is 4.79 Å². The van der Waals surface area contributed by atoms with Gasteiger partial charge in [-0.25, -0.2) is 0 Å². The van der Waals surface area contributed by atoms with Crippen LogP contribution in [0, 0.1) is 0 Å². The van der Waals surface area contributed by atoms with E-state index in [0.29, 0.717) is 12.5 Å². The van der Waals surface area contributed by atoms with Crippen molar-refractivity contribution in [2.24, 2.45) is 0 Å². The molecule has 25 heavy (non-hydrogen) atoms. The molecule has 1 heterocycles. The fourth-order valence-electron chi connectivity index (χ4n) is 3.59. The van der Waals surface area contributed by atoms with E-state index < -0.39 is 0 Å². The Morgan fingerprint density at radius 3 is 2.36 bits per heavy atom. The molecule has 0 radical (unpaired) electrons. The standard InChI is InChI=1S/C19H28N2O2.2ClH/c22-19(23-17-8-4-5-9-17)18(14-15-6-2-1-3-7-15)21-16-10-12-20-13-11-16;;/h1-3,6-7,16-18,20-21H,4-5,8-14H2;2*1H/t18-;;/m0../s1. The van der Waals surface area contributed by atoms with Crippen LogP contribution in [-0.4, -0.2) is 37.2 Å². The molecular formula is C19H30Cl2N2O2. The number of rotatable bonds is 6. The smallest absolute Gasteiger partial charge is 0.323 e. The van der Waals surface area contributed by atoms with Gasteiger partial charge < -0.3 is 15.4 Å². The van der Waals surface area contributed by atoms with E-state index in [1.165, 1.54) is 18.4 Å². The number of hydrogen-bond donors (Lipinski definition) is 2. The highest BCUT2D eigenvalue weighted by atomic mass is 35.5. The molecule has 1 atom stereocenters. The molecule has 3 rings (SSSR count). The van der Waals surface area contributed by atoms with E-state index >= 15 is 0 Å². The van der Waals surface area contributed by atoms with E-state index in [4.69, 9.17) is 4.74 Å². The van der Waals surface area contributed by atoms with Gasteiger partial charge in [0, 0.05) is 6.04 Å². The summed E-state index contributed by atoms with van der Waals surface area (Å²) in [6, 6.07) is 10.4. The monoisotopic (exact) mass is 388 g/mol. The largest absolute Gasteiger partial charge is 0.461 e. The zero-order chi connectivity index (χ0) is 15.9. The van der Waals surface area contributed by atoms with Crippen LogP contribution in [0.4, 0.5) is 0 Å². The first-order valence-corrected chi connectivity index (χ1v) is 9.02. The molecule has 2 fully saturated rings. The first kappa shape index (κ1) is 22.2. The molecule has 2 N–H and O–H groups in total. The van der Waals surface area contributed by atoms with Crippen molar-refractivity contribution in [3.63, 3.8) is 0 Å². The van der Waals surface area contributed by atoms with Crippen molar-refractivity contribution in [3.05, 3.63) is 35.9 Å². The van der Waals surface area contributed by atoms with Crippen LogP contribution in [0.1, 0.15) is 44.1 Å². The SMILES string of the molecule is Cl.Cl.O=C(OC1CCCC1)[C@H](Cc1ccccc1)NC1CCNCC1. The third kappa shape index (κ3) is 7.14. The second kappa shape index (κ2) is 11.7. The molecule has 2 aliphatic rings. The Hall–Kier alpha value is -0.810. The third-order valence-corrected chi connectivity index (χ3v) is 4.93. The number of hydrogen-bond acceptors (Lipinski definition) is 4. The van der Waals surface area contributed by atoms with Crippen LogP contribution in [0.15, 0.2) is 30.3 Å². The molecule has 4 nitrogen and oxygen atoms in total. The summed E-state index contributed by atoms with van der Waals surface area (Å²) < 4.78 is 5.77. The maximum Gasteiger partial charge on any atom is 0.323 e. The number of carbonyl (C=O) groups is 1. The van der Waals surface area contributed by atoms with E-state index in [1.54, 1.807) is 0 Å². The summed E-state index contributed by atoms with van der Waals surface area (Å²) in [6.07, 6.45) is 7.40. The van der Waals surface area contributed by atoms with Crippen molar-refractivity contribution in [2.75, 3.05) is 13.1 Å². The van der Waals surface area contributed by atoms with Gasteiger partial charge in [0.05, 0.1) is 0 Å². The number of nitrogens with one attached hydrogen (secondary N) is 2. The molecule has 1 aromatic rings. The first-order chi connectivity index (χ1) is 11.3. The Morgan fingerprint density at radius 1 is 1.08 bits per heavy atom. The van der Waals surface area contributed by atoms with E-state index in [2.05, 4.69) is 22.8 Å². The lowest BCUT2D eigenvalue weighted by Crippen LogP contribution is -2.49. The summed E-state index contributed by atoms with van der Waals surface area (Å²) in [6.45, 7) is 2.04. The van der Waals surface area contributed by atoms with Gasteiger partial charge in [0.25, 0.3) is 0 Å². The molecule has 0 bridgehead atoms. The molecule has 0 spiro atoms. The maximum absolute atomic E-state index is 12.7. The summed E-state index contributed by atoms with van der Waals surface area (Å²) in [4.78, 5) is 12.7. The normalized spacial score (nSPS) is 19.5. The summed E-state index contributed by atoms with van der Waals surface area (Å²) in [5.41, 5.74) is 1.18. The van der Waals surface area contributed by atoms with Gasteiger partial charge in [-0.2, -0.15) is 0 Å². The van der Waals surface area contributed by atoms with E-state index in [0.717, 1.165) is 38.8 Å². The summed E-state index contributed by atoms with van der Waals surface area (Å²) in [5, 5.41) is 6.93. The minimum absolute atomic E-state index is 0. The van der Waals surface area contributed by atoms with Gasteiger partial charge in [0.1, 0.15) is 12.1 Å². The molecule has 6 heteroatoms. The van der Waals surface area contributed by atoms with Crippen LogP contribution in [-0.2, 0) is 16.0 Å².